The number of hydrogen-bond acceptors (Lipinski definition) is 1. The van der Waals surface area contributed by atoms with Crippen LogP contribution in [-0.4, -0.2) is 0 Å². The van der Waals surface area contributed by atoms with Gasteiger partial charge in [0, 0.05) is 16.5 Å². The predicted octanol–water partition coefficient (Wildman–Crippen LogP) is 5.81. The van der Waals surface area contributed by atoms with Crippen molar-refractivity contribution in [3.8, 4) is 11.5 Å². The molecule has 0 fully saturated rings. The average Bonchev–Trinajstić information content (AvgIpc) is 2.38. The lowest BCUT2D eigenvalue weighted by Gasteiger charge is -2.23. The van der Waals surface area contributed by atoms with E-state index < -0.39 is 0 Å². The molecule has 0 aromatic heterocycles. The molecule has 2 rings (SSSR count). The molecule has 0 N–H and O–H groups in total. The molecule has 0 spiro atoms. The maximum Gasteiger partial charge on any atom is 0.134 e. The Morgan fingerprint density at radius 3 is 2.30 bits per heavy atom. The van der Waals surface area contributed by atoms with Crippen molar-refractivity contribution in [3.05, 3.63) is 59.4 Å². The van der Waals surface area contributed by atoms with Crippen molar-refractivity contribution in [1.29, 1.82) is 0 Å². The zero-order valence-electron chi connectivity index (χ0n) is 11.9. The van der Waals surface area contributed by atoms with Crippen molar-refractivity contribution in [2.24, 2.45) is 0 Å². The summed E-state index contributed by atoms with van der Waals surface area (Å²) in [5.74, 6) is 1.07. The molecule has 0 atom stereocenters. The lowest BCUT2D eigenvalue weighted by Crippen LogP contribution is -2.12. The summed E-state index contributed by atoms with van der Waals surface area (Å²) in [7, 11) is 0. The Morgan fingerprint density at radius 2 is 1.65 bits per heavy atom. The Kier molecular flexibility index (Phi) is 4.48. The number of rotatable bonds is 3. The number of alkyl halides is 1. The molecule has 1 nitrogen and oxygen atoms in total. The highest BCUT2D eigenvalue weighted by atomic mass is 79.9. The smallest absolute Gasteiger partial charge is 0.134 e. The van der Waals surface area contributed by atoms with Crippen LogP contribution in [-0.2, 0) is 10.7 Å². The van der Waals surface area contributed by atoms with E-state index in [1.807, 2.05) is 24.3 Å². The summed E-state index contributed by atoms with van der Waals surface area (Å²) in [6.07, 6.45) is 0. The third-order valence-electron chi connectivity index (χ3n) is 3.12. The fourth-order valence-corrected chi connectivity index (χ4v) is 2.60. The van der Waals surface area contributed by atoms with E-state index in [0.29, 0.717) is 16.6 Å². The molecule has 0 saturated heterocycles. The zero-order chi connectivity index (χ0) is 14.8. The molecular formula is C17H18BrFO. The van der Waals surface area contributed by atoms with Crippen LogP contribution in [0.4, 0.5) is 4.39 Å². The molecule has 0 amide bonds. The second kappa shape index (κ2) is 5.96. The van der Waals surface area contributed by atoms with Gasteiger partial charge < -0.3 is 4.74 Å². The van der Waals surface area contributed by atoms with Crippen LogP contribution in [0.1, 0.15) is 31.9 Å². The topological polar surface area (TPSA) is 9.23 Å². The van der Waals surface area contributed by atoms with E-state index in [1.54, 1.807) is 12.1 Å². The van der Waals surface area contributed by atoms with Crippen LogP contribution >= 0.6 is 15.9 Å². The summed E-state index contributed by atoms with van der Waals surface area (Å²) in [6, 6.07) is 12.8. The third kappa shape index (κ3) is 3.21. The Morgan fingerprint density at radius 1 is 1.00 bits per heavy atom. The Bertz CT molecular complexity index is 602. The van der Waals surface area contributed by atoms with Gasteiger partial charge in [-0.25, -0.2) is 4.39 Å². The van der Waals surface area contributed by atoms with E-state index in [4.69, 9.17) is 4.74 Å². The molecule has 0 heterocycles. The molecule has 2 aromatic carbocycles. The third-order valence-corrected chi connectivity index (χ3v) is 3.69. The van der Waals surface area contributed by atoms with Gasteiger partial charge in [0.2, 0.25) is 0 Å². The van der Waals surface area contributed by atoms with E-state index in [-0.39, 0.29) is 11.2 Å². The fourth-order valence-electron chi connectivity index (χ4n) is 2.06. The molecular weight excluding hydrogens is 319 g/mol. The summed E-state index contributed by atoms with van der Waals surface area (Å²) in [5, 5.41) is 0.423. The van der Waals surface area contributed by atoms with Crippen LogP contribution in [0.15, 0.2) is 42.5 Å². The van der Waals surface area contributed by atoms with E-state index in [0.717, 1.165) is 11.3 Å². The standard InChI is InChI=1S/C17H18BrFO/c1-17(2,3)13-7-4-5-9-16(13)20-15-10-6-8-14(19)12(15)11-18/h4-10H,11H2,1-3H3. The second-order valence-electron chi connectivity index (χ2n) is 5.70. The van der Waals surface area contributed by atoms with Crippen molar-refractivity contribution < 1.29 is 9.13 Å². The van der Waals surface area contributed by atoms with Crippen molar-refractivity contribution in [1.82, 2.24) is 0 Å². The molecule has 0 aliphatic heterocycles. The summed E-state index contributed by atoms with van der Waals surface area (Å²) in [4.78, 5) is 0. The molecule has 0 radical (unpaired) electrons. The van der Waals surface area contributed by atoms with Crippen molar-refractivity contribution in [2.75, 3.05) is 0 Å². The van der Waals surface area contributed by atoms with Gasteiger partial charge in [-0.05, 0) is 23.6 Å². The molecule has 0 aliphatic rings. The molecule has 2 aromatic rings. The van der Waals surface area contributed by atoms with Crippen molar-refractivity contribution in [2.45, 2.75) is 31.5 Å². The van der Waals surface area contributed by atoms with Crippen LogP contribution in [0, 0.1) is 5.82 Å². The molecule has 0 aliphatic carbocycles. The molecule has 20 heavy (non-hydrogen) atoms. The molecule has 106 valence electrons. The second-order valence-corrected chi connectivity index (χ2v) is 6.26. The van der Waals surface area contributed by atoms with Gasteiger partial charge >= 0.3 is 0 Å². The first-order valence-electron chi connectivity index (χ1n) is 6.54. The highest BCUT2D eigenvalue weighted by Gasteiger charge is 2.19. The SMILES string of the molecule is CC(C)(C)c1ccccc1Oc1cccc(F)c1CBr. The van der Waals surface area contributed by atoms with Crippen LogP contribution in [0.2, 0.25) is 0 Å². The normalized spacial score (nSPS) is 11.4. The van der Waals surface area contributed by atoms with E-state index in [9.17, 15) is 4.39 Å². The highest BCUT2D eigenvalue weighted by Crippen LogP contribution is 2.36. The van der Waals surface area contributed by atoms with Gasteiger partial charge in [0.05, 0.1) is 0 Å². The summed E-state index contributed by atoms with van der Waals surface area (Å²) >= 11 is 3.31. The highest BCUT2D eigenvalue weighted by molar-refractivity contribution is 9.08. The Balaban J connectivity index is 2.44. The van der Waals surface area contributed by atoms with Gasteiger partial charge in [0.1, 0.15) is 17.3 Å². The van der Waals surface area contributed by atoms with Crippen LogP contribution < -0.4 is 4.74 Å². The number of hydrogen-bond donors (Lipinski definition) is 0. The molecule has 3 heteroatoms. The molecule has 0 unspecified atom stereocenters. The minimum atomic E-state index is -0.257. The van der Waals surface area contributed by atoms with E-state index >= 15 is 0 Å². The predicted molar refractivity (Wildman–Crippen MR) is 84.2 cm³/mol. The first-order chi connectivity index (χ1) is 9.43. The van der Waals surface area contributed by atoms with Crippen LogP contribution in [0.3, 0.4) is 0 Å². The number of benzene rings is 2. The first-order valence-corrected chi connectivity index (χ1v) is 7.66. The summed E-state index contributed by atoms with van der Waals surface area (Å²) in [5.41, 5.74) is 1.61. The molecule has 0 saturated carbocycles. The number of para-hydroxylation sites is 1. The summed E-state index contributed by atoms with van der Waals surface area (Å²) in [6.45, 7) is 6.39. The monoisotopic (exact) mass is 336 g/mol. The first kappa shape index (κ1) is 15.0. The Hall–Kier alpha value is -1.35. The fraction of sp³-hybridized carbons (Fsp3) is 0.294. The minimum Gasteiger partial charge on any atom is -0.457 e. The van der Waals surface area contributed by atoms with Crippen LogP contribution in [0.25, 0.3) is 0 Å². The van der Waals surface area contributed by atoms with Gasteiger partial charge in [0.15, 0.2) is 0 Å². The average molecular weight is 337 g/mol. The zero-order valence-corrected chi connectivity index (χ0v) is 13.5. The van der Waals surface area contributed by atoms with Gasteiger partial charge in [-0.15, -0.1) is 0 Å². The lowest BCUT2D eigenvalue weighted by molar-refractivity contribution is 0.447. The van der Waals surface area contributed by atoms with Gasteiger partial charge in [-0.2, -0.15) is 0 Å². The maximum atomic E-state index is 13.8. The quantitative estimate of drug-likeness (QED) is 0.642. The summed E-state index contributed by atoms with van der Waals surface area (Å²) < 4.78 is 19.7. The Labute approximate surface area is 127 Å². The maximum absolute atomic E-state index is 13.8. The van der Waals surface area contributed by atoms with E-state index in [2.05, 4.69) is 36.7 Å². The van der Waals surface area contributed by atoms with Crippen LogP contribution in [0.5, 0.6) is 11.5 Å². The number of ether oxygens (including phenoxy) is 1. The van der Waals surface area contributed by atoms with Gasteiger partial charge in [-0.3, -0.25) is 0 Å². The minimum absolute atomic E-state index is 0.0293. The largest absolute Gasteiger partial charge is 0.457 e. The van der Waals surface area contributed by atoms with Crippen molar-refractivity contribution in [3.63, 3.8) is 0 Å². The van der Waals surface area contributed by atoms with E-state index in [1.165, 1.54) is 6.07 Å². The van der Waals surface area contributed by atoms with Crippen molar-refractivity contribution >= 4 is 15.9 Å². The number of halogens is 2. The lowest BCUT2D eigenvalue weighted by atomic mass is 9.86. The molecule has 0 bridgehead atoms. The van der Waals surface area contributed by atoms with Gasteiger partial charge in [0.25, 0.3) is 0 Å². The van der Waals surface area contributed by atoms with Gasteiger partial charge in [-0.1, -0.05) is 61.0 Å².